The van der Waals surface area contributed by atoms with E-state index in [1.165, 1.54) is 11.3 Å². The Morgan fingerprint density at radius 3 is 3.50 bits per heavy atom. The number of fused-ring (bicyclic) bond motifs is 1. The van der Waals surface area contributed by atoms with E-state index in [-0.39, 0.29) is 0 Å². The Hall–Kier alpha value is -0.830. The molecule has 3 heteroatoms. The fourth-order valence-electron chi connectivity index (χ4n) is 1.33. The molecule has 10 heavy (non-hydrogen) atoms. The van der Waals surface area contributed by atoms with Gasteiger partial charge in [-0.25, -0.2) is 0 Å². The van der Waals surface area contributed by atoms with E-state index < -0.39 is 0 Å². The summed E-state index contributed by atoms with van der Waals surface area (Å²) in [7, 11) is 0. The molecular formula is C7H11N3. The summed E-state index contributed by atoms with van der Waals surface area (Å²) in [5.41, 5.74) is 2.62. The Labute approximate surface area is 59.8 Å². The second-order valence-electron chi connectivity index (χ2n) is 2.86. The van der Waals surface area contributed by atoms with E-state index in [9.17, 15) is 0 Å². The third kappa shape index (κ3) is 0.827. The molecule has 3 nitrogen and oxygen atoms in total. The molecule has 2 N–H and O–H groups in total. The van der Waals surface area contributed by atoms with Crippen LogP contribution in [0.4, 0.5) is 0 Å². The molecule has 54 valence electrons. The lowest BCUT2D eigenvalue weighted by Gasteiger charge is -2.18. The van der Waals surface area contributed by atoms with Gasteiger partial charge >= 0.3 is 0 Å². The molecule has 1 aromatic heterocycles. The molecule has 1 atom stereocenters. The van der Waals surface area contributed by atoms with Gasteiger partial charge in [-0.15, -0.1) is 0 Å². The summed E-state index contributed by atoms with van der Waals surface area (Å²) in [5, 5.41) is 10.3. The Morgan fingerprint density at radius 1 is 1.70 bits per heavy atom. The minimum atomic E-state index is 0.591. The summed E-state index contributed by atoms with van der Waals surface area (Å²) in [5.74, 6) is 0. The van der Waals surface area contributed by atoms with E-state index in [2.05, 4.69) is 22.4 Å². The summed E-state index contributed by atoms with van der Waals surface area (Å²) < 4.78 is 0. The first kappa shape index (κ1) is 5.92. The zero-order valence-electron chi connectivity index (χ0n) is 6.02. The predicted octanol–water partition coefficient (Wildman–Crippen LogP) is 0.444. The van der Waals surface area contributed by atoms with Gasteiger partial charge in [-0.1, -0.05) is 0 Å². The lowest BCUT2D eigenvalue weighted by atomic mass is 10.1. The first-order chi connectivity index (χ1) is 4.86. The number of aromatic amines is 1. The van der Waals surface area contributed by atoms with Gasteiger partial charge in [0.15, 0.2) is 0 Å². The minimum Gasteiger partial charge on any atom is -0.310 e. The van der Waals surface area contributed by atoms with Crippen molar-refractivity contribution in [2.75, 3.05) is 0 Å². The van der Waals surface area contributed by atoms with Gasteiger partial charge in [0.1, 0.15) is 0 Å². The first-order valence-corrected chi connectivity index (χ1v) is 3.61. The second kappa shape index (κ2) is 2.09. The third-order valence-corrected chi connectivity index (χ3v) is 1.96. The van der Waals surface area contributed by atoms with Crippen LogP contribution in [0.5, 0.6) is 0 Å². The summed E-state index contributed by atoms with van der Waals surface area (Å²) in [6, 6.07) is 0.591. The zero-order valence-corrected chi connectivity index (χ0v) is 6.02. The highest BCUT2D eigenvalue weighted by Crippen LogP contribution is 2.11. The maximum absolute atomic E-state index is 3.97. The van der Waals surface area contributed by atoms with Crippen molar-refractivity contribution in [3.8, 4) is 0 Å². The van der Waals surface area contributed by atoms with Crippen LogP contribution in [0.15, 0.2) is 6.20 Å². The summed E-state index contributed by atoms with van der Waals surface area (Å²) in [4.78, 5) is 0. The van der Waals surface area contributed by atoms with E-state index in [1.54, 1.807) is 0 Å². The molecule has 0 saturated heterocycles. The summed E-state index contributed by atoms with van der Waals surface area (Å²) >= 11 is 0. The predicted molar refractivity (Wildman–Crippen MR) is 38.6 cm³/mol. The number of H-pyrrole nitrogens is 1. The van der Waals surface area contributed by atoms with Crippen LogP contribution in [0.1, 0.15) is 18.2 Å². The largest absolute Gasteiger partial charge is 0.310 e. The number of nitrogens with one attached hydrogen (secondary N) is 2. The van der Waals surface area contributed by atoms with Crippen LogP contribution in [-0.4, -0.2) is 16.2 Å². The van der Waals surface area contributed by atoms with Crippen LogP contribution < -0.4 is 5.32 Å². The molecular weight excluding hydrogens is 126 g/mol. The Kier molecular flexibility index (Phi) is 1.24. The van der Waals surface area contributed by atoms with Crippen molar-refractivity contribution >= 4 is 0 Å². The monoisotopic (exact) mass is 137 g/mol. The van der Waals surface area contributed by atoms with Crippen LogP contribution in [0.25, 0.3) is 0 Å². The van der Waals surface area contributed by atoms with Crippen molar-refractivity contribution in [1.82, 2.24) is 15.5 Å². The highest BCUT2D eigenvalue weighted by Gasteiger charge is 2.14. The van der Waals surface area contributed by atoms with Crippen molar-refractivity contribution in [2.24, 2.45) is 0 Å². The van der Waals surface area contributed by atoms with Crippen molar-refractivity contribution in [3.63, 3.8) is 0 Å². The van der Waals surface area contributed by atoms with Crippen LogP contribution in [0.3, 0.4) is 0 Å². The highest BCUT2D eigenvalue weighted by atomic mass is 15.1. The SMILES string of the molecule is C[C@H]1Cc2[nH]ncc2CN1. The number of nitrogens with zero attached hydrogens (tertiary/aromatic N) is 1. The average Bonchev–Trinajstić information content (AvgIpc) is 2.33. The van der Waals surface area contributed by atoms with Crippen molar-refractivity contribution in [2.45, 2.75) is 25.9 Å². The molecule has 0 unspecified atom stereocenters. The number of hydrogen-bond acceptors (Lipinski definition) is 2. The van der Waals surface area contributed by atoms with E-state index in [0.29, 0.717) is 6.04 Å². The lowest BCUT2D eigenvalue weighted by Crippen LogP contribution is -2.32. The number of rotatable bonds is 0. The summed E-state index contributed by atoms with van der Waals surface area (Å²) in [6.45, 7) is 3.15. The van der Waals surface area contributed by atoms with Gasteiger partial charge in [0.25, 0.3) is 0 Å². The molecule has 2 rings (SSSR count). The molecule has 1 aliphatic heterocycles. The van der Waals surface area contributed by atoms with Gasteiger partial charge in [0, 0.05) is 30.3 Å². The quantitative estimate of drug-likeness (QED) is 0.545. The molecule has 0 saturated carbocycles. The van der Waals surface area contributed by atoms with Crippen LogP contribution in [0, 0.1) is 0 Å². The van der Waals surface area contributed by atoms with Crippen LogP contribution >= 0.6 is 0 Å². The molecule has 0 bridgehead atoms. The normalized spacial score (nSPS) is 24.3. The Morgan fingerprint density at radius 2 is 2.60 bits per heavy atom. The fraction of sp³-hybridized carbons (Fsp3) is 0.571. The maximum Gasteiger partial charge on any atom is 0.0535 e. The van der Waals surface area contributed by atoms with Gasteiger partial charge in [-0.3, -0.25) is 5.10 Å². The van der Waals surface area contributed by atoms with Crippen LogP contribution in [-0.2, 0) is 13.0 Å². The average molecular weight is 137 g/mol. The topological polar surface area (TPSA) is 40.7 Å². The molecule has 0 spiro atoms. The van der Waals surface area contributed by atoms with Gasteiger partial charge in [0.05, 0.1) is 6.20 Å². The van der Waals surface area contributed by atoms with Crippen molar-refractivity contribution in [3.05, 3.63) is 17.5 Å². The number of aromatic nitrogens is 2. The molecule has 0 amide bonds. The van der Waals surface area contributed by atoms with Crippen molar-refractivity contribution < 1.29 is 0 Å². The highest BCUT2D eigenvalue weighted by molar-refractivity contribution is 5.19. The Bertz CT molecular complexity index is 229. The third-order valence-electron chi connectivity index (χ3n) is 1.96. The first-order valence-electron chi connectivity index (χ1n) is 3.61. The second-order valence-corrected chi connectivity index (χ2v) is 2.86. The standard InChI is InChI=1S/C7H11N3/c1-5-2-7-6(3-8-5)4-9-10-7/h4-5,8H,2-3H2,1H3,(H,9,10)/t5-/m0/s1. The molecule has 0 fully saturated rings. The van der Waals surface area contributed by atoms with E-state index in [4.69, 9.17) is 0 Å². The van der Waals surface area contributed by atoms with Gasteiger partial charge in [-0.2, -0.15) is 5.10 Å². The molecule has 0 aliphatic carbocycles. The maximum atomic E-state index is 3.97. The lowest BCUT2D eigenvalue weighted by molar-refractivity contribution is 0.509. The minimum absolute atomic E-state index is 0.591. The van der Waals surface area contributed by atoms with Gasteiger partial charge < -0.3 is 5.32 Å². The van der Waals surface area contributed by atoms with E-state index >= 15 is 0 Å². The smallest absolute Gasteiger partial charge is 0.0535 e. The zero-order chi connectivity index (χ0) is 6.97. The fourth-order valence-corrected chi connectivity index (χ4v) is 1.33. The molecule has 1 aromatic rings. The van der Waals surface area contributed by atoms with Gasteiger partial charge in [0.2, 0.25) is 0 Å². The summed E-state index contributed by atoms with van der Waals surface area (Å²) in [6.07, 6.45) is 2.98. The molecule has 0 radical (unpaired) electrons. The van der Waals surface area contributed by atoms with E-state index in [1.807, 2.05) is 6.20 Å². The molecule has 2 heterocycles. The number of hydrogen-bond donors (Lipinski definition) is 2. The molecule has 0 aromatic carbocycles. The van der Waals surface area contributed by atoms with E-state index in [0.717, 1.165) is 13.0 Å². The Balaban J connectivity index is 2.30. The van der Waals surface area contributed by atoms with Gasteiger partial charge in [-0.05, 0) is 6.92 Å². The van der Waals surface area contributed by atoms with Crippen LogP contribution in [0.2, 0.25) is 0 Å². The van der Waals surface area contributed by atoms with Crippen molar-refractivity contribution in [1.29, 1.82) is 0 Å². The molecule has 1 aliphatic rings.